The van der Waals surface area contributed by atoms with Gasteiger partial charge in [0.2, 0.25) is 9.84 Å². The van der Waals surface area contributed by atoms with Crippen molar-refractivity contribution in [3.63, 3.8) is 0 Å². The van der Waals surface area contributed by atoms with Crippen molar-refractivity contribution in [2.45, 2.75) is 23.8 Å². The van der Waals surface area contributed by atoms with E-state index < -0.39 is 15.8 Å². The molecule has 0 saturated heterocycles. The number of fused-ring (bicyclic) bond motifs is 1. The molecule has 2 aliphatic rings. The molecular weight excluding hydrogens is 266 g/mol. The Morgan fingerprint density at radius 3 is 2.74 bits per heavy atom. The van der Waals surface area contributed by atoms with Crippen molar-refractivity contribution < 1.29 is 18.3 Å². The standard InChI is InChI=1S/C13H13NO4S/c15-13(16)8-1-4-12-11(5-8)9(7-19(12,17)18)6-14-10-2-3-10/h1,4-5,7,10,14H,2-3,6H2,(H,15,16). The van der Waals surface area contributed by atoms with E-state index in [4.69, 9.17) is 5.11 Å². The van der Waals surface area contributed by atoms with Crippen LogP contribution in [0.3, 0.4) is 0 Å². The molecule has 5 nitrogen and oxygen atoms in total. The third-order valence-electron chi connectivity index (χ3n) is 3.33. The van der Waals surface area contributed by atoms with Crippen molar-refractivity contribution in [1.82, 2.24) is 5.32 Å². The lowest BCUT2D eigenvalue weighted by Crippen LogP contribution is -2.18. The van der Waals surface area contributed by atoms with E-state index in [9.17, 15) is 13.2 Å². The van der Waals surface area contributed by atoms with Gasteiger partial charge in [-0.2, -0.15) is 0 Å². The number of carbonyl (C=O) groups is 1. The van der Waals surface area contributed by atoms with Crippen LogP contribution in [0.5, 0.6) is 0 Å². The number of rotatable bonds is 4. The molecule has 6 heteroatoms. The Morgan fingerprint density at radius 1 is 1.37 bits per heavy atom. The van der Waals surface area contributed by atoms with Crippen molar-refractivity contribution in [2.75, 3.05) is 6.54 Å². The number of benzene rings is 1. The van der Waals surface area contributed by atoms with Gasteiger partial charge >= 0.3 is 5.97 Å². The van der Waals surface area contributed by atoms with Gasteiger partial charge in [-0.25, -0.2) is 13.2 Å². The molecule has 100 valence electrons. The predicted molar refractivity (Wildman–Crippen MR) is 69.6 cm³/mol. The van der Waals surface area contributed by atoms with Crippen LogP contribution in [0.15, 0.2) is 28.5 Å². The van der Waals surface area contributed by atoms with Gasteiger partial charge in [0.05, 0.1) is 10.5 Å². The molecule has 1 aromatic rings. The molecule has 0 radical (unpaired) electrons. The predicted octanol–water partition coefficient (Wildman–Crippen LogP) is 1.27. The summed E-state index contributed by atoms with van der Waals surface area (Å²) in [4.78, 5) is 11.2. The lowest BCUT2D eigenvalue weighted by molar-refractivity contribution is 0.0696. The van der Waals surface area contributed by atoms with Gasteiger partial charge < -0.3 is 10.4 Å². The maximum atomic E-state index is 12.0. The monoisotopic (exact) mass is 279 g/mol. The minimum absolute atomic E-state index is 0.105. The Kier molecular flexibility index (Phi) is 2.72. The van der Waals surface area contributed by atoms with Crippen molar-refractivity contribution in [3.8, 4) is 0 Å². The van der Waals surface area contributed by atoms with Crippen LogP contribution in [0, 0.1) is 0 Å². The normalized spacial score (nSPS) is 19.9. The second kappa shape index (κ2) is 4.18. The molecule has 1 fully saturated rings. The van der Waals surface area contributed by atoms with E-state index in [0.29, 0.717) is 23.7 Å². The fraction of sp³-hybridized carbons (Fsp3) is 0.308. The van der Waals surface area contributed by atoms with E-state index >= 15 is 0 Å². The molecular formula is C13H13NO4S. The third-order valence-corrected chi connectivity index (χ3v) is 4.90. The lowest BCUT2D eigenvalue weighted by atomic mass is 10.0. The quantitative estimate of drug-likeness (QED) is 0.867. The number of carboxylic acid groups (broad SMARTS) is 1. The summed E-state index contributed by atoms with van der Waals surface area (Å²) >= 11 is 0. The molecule has 0 aromatic heterocycles. The van der Waals surface area contributed by atoms with Gasteiger partial charge in [0.15, 0.2) is 0 Å². The van der Waals surface area contributed by atoms with Crippen LogP contribution in [0.4, 0.5) is 0 Å². The van der Waals surface area contributed by atoms with Crippen LogP contribution in [-0.2, 0) is 9.84 Å². The molecule has 1 aliphatic heterocycles. The summed E-state index contributed by atoms with van der Waals surface area (Å²) in [5.74, 6) is -1.05. The average Bonchev–Trinajstić information content (AvgIpc) is 3.13. The van der Waals surface area contributed by atoms with Crippen molar-refractivity contribution >= 4 is 21.4 Å². The number of hydrogen-bond acceptors (Lipinski definition) is 4. The van der Waals surface area contributed by atoms with Crippen LogP contribution in [-0.4, -0.2) is 32.1 Å². The Labute approximate surface area is 110 Å². The minimum atomic E-state index is -3.42. The molecule has 2 N–H and O–H groups in total. The number of aromatic carboxylic acids is 1. The Bertz CT molecular complexity index is 687. The molecule has 0 atom stereocenters. The molecule has 0 spiro atoms. The van der Waals surface area contributed by atoms with Gasteiger partial charge in [-0.3, -0.25) is 0 Å². The zero-order chi connectivity index (χ0) is 13.6. The number of hydrogen-bond donors (Lipinski definition) is 2. The van der Waals surface area contributed by atoms with E-state index in [1.807, 2.05) is 0 Å². The zero-order valence-electron chi connectivity index (χ0n) is 10.1. The van der Waals surface area contributed by atoms with E-state index in [1.54, 1.807) is 0 Å². The van der Waals surface area contributed by atoms with Crippen molar-refractivity contribution in [2.24, 2.45) is 0 Å². The van der Waals surface area contributed by atoms with Crippen molar-refractivity contribution in [3.05, 3.63) is 34.7 Å². The number of carboxylic acids is 1. The van der Waals surface area contributed by atoms with Crippen LogP contribution >= 0.6 is 0 Å². The van der Waals surface area contributed by atoms with E-state index in [2.05, 4.69) is 5.32 Å². The van der Waals surface area contributed by atoms with Crippen LogP contribution < -0.4 is 5.32 Å². The molecule has 0 unspecified atom stereocenters. The second-order valence-electron chi connectivity index (χ2n) is 4.86. The second-order valence-corrected chi connectivity index (χ2v) is 6.62. The topological polar surface area (TPSA) is 83.5 Å². The summed E-state index contributed by atoms with van der Waals surface area (Å²) in [5.41, 5.74) is 1.26. The zero-order valence-corrected chi connectivity index (χ0v) is 10.9. The minimum Gasteiger partial charge on any atom is -0.478 e. The summed E-state index contributed by atoms with van der Waals surface area (Å²) in [7, 11) is -3.42. The molecule has 0 bridgehead atoms. The highest BCUT2D eigenvalue weighted by molar-refractivity contribution is 7.95. The first-order valence-corrected chi connectivity index (χ1v) is 7.59. The Balaban J connectivity index is 1.99. The fourth-order valence-corrected chi connectivity index (χ4v) is 3.62. The number of nitrogens with one attached hydrogen (secondary N) is 1. The highest BCUT2D eigenvalue weighted by Gasteiger charge is 2.29. The van der Waals surface area contributed by atoms with Crippen LogP contribution in [0.25, 0.3) is 5.57 Å². The smallest absolute Gasteiger partial charge is 0.335 e. The SMILES string of the molecule is O=C(O)c1ccc2c(c1)C(CNC1CC1)=CS2(=O)=O. The maximum absolute atomic E-state index is 12.0. The molecule has 1 saturated carbocycles. The molecule has 3 rings (SSSR count). The van der Waals surface area contributed by atoms with Gasteiger partial charge in [-0.15, -0.1) is 0 Å². The highest BCUT2D eigenvalue weighted by Crippen LogP contribution is 2.34. The summed E-state index contributed by atoms with van der Waals surface area (Å²) in [6.45, 7) is 0.458. The Morgan fingerprint density at radius 2 is 2.11 bits per heavy atom. The van der Waals surface area contributed by atoms with Gasteiger partial charge in [0.1, 0.15) is 0 Å². The van der Waals surface area contributed by atoms with Gasteiger partial charge in [-0.05, 0) is 42.2 Å². The van der Waals surface area contributed by atoms with Crippen molar-refractivity contribution in [1.29, 1.82) is 0 Å². The summed E-state index contributed by atoms with van der Waals surface area (Å²) in [5, 5.41) is 13.5. The first-order valence-electron chi connectivity index (χ1n) is 6.04. The van der Waals surface area contributed by atoms with Crippen LogP contribution in [0.1, 0.15) is 28.8 Å². The largest absolute Gasteiger partial charge is 0.478 e. The first kappa shape index (κ1) is 12.4. The summed E-state index contributed by atoms with van der Waals surface area (Å²) < 4.78 is 23.9. The third kappa shape index (κ3) is 2.29. The van der Waals surface area contributed by atoms with Gasteiger partial charge in [-0.1, -0.05) is 0 Å². The molecule has 1 heterocycles. The molecule has 0 amide bonds. The fourth-order valence-electron chi connectivity index (χ4n) is 2.15. The maximum Gasteiger partial charge on any atom is 0.335 e. The van der Waals surface area contributed by atoms with Crippen LogP contribution in [0.2, 0.25) is 0 Å². The summed E-state index contributed by atoms with van der Waals surface area (Å²) in [6.07, 6.45) is 2.23. The van der Waals surface area contributed by atoms with Gasteiger partial charge in [0.25, 0.3) is 0 Å². The molecule has 1 aromatic carbocycles. The Hall–Kier alpha value is -1.66. The van der Waals surface area contributed by atoms with E-state index in [1.165, 1.54) is 23.6 Å². The average molecular weight is 279 g/mol. The number of sulfone groups is 1. The van der Waals surface area contributed by atoms with E-state index in [-0.39, 0.29) is 10.5 Å². The van der Waals surface area contributed by atoms with E-state index in [0.717, 1.165) is 12.8 Å². The van der Waals surface area contributed by atoms with Gasteiger partial charge in [0, 0.05) is 18.0 Å². The first-order chi connectivity index (χ1) is 8.97. The molecule has 1 aliphatic carbocycles. The lowest BCUT2D eigenvalue weighted by Gasteiger charge is -2.06. The highest BCUT2D eigenvalue weighted by atomic mass is 32.2. The molecule has 19 heavy (non-hydrogen) atoms. The summed E-state index contributed by atoms with van der Waals surface area (Å²) in [6, 6.07) is 4.59.